The Kier molecular flexibility index (Phi) is 4.37. The molecule has 0 atom stereocenters. The quantitative estimate of drug-likeness (QED) is 0.648. The zero-order valence-corrected chi connectivity index (χ0v) is 10.6. The molecule has 2 heterocycles. The van der Waals surface area contributed by atoms with Crippen LogP contribution >= 0.6 is 0 Å². The van der Waals surface area contributed by atoms with Crippen molar-refractivity contribution in [3.05, 3.63) is 24.3 Å². The first-order valence-corrected chi connectivity index (χ1v) is 5.70. The third-order valence-corrected chi connectivity index (χ3v) is 2.46. The van der Waals surface area contributed by atoms with Gasteiger partial charge in [0.15, 0.2) is 5.82 Å². The molecule has 18 heavy (non-hydrogen) atoms. The Morgan fingerprint density at radius 3 is 3.00 bits per heavy atom. The van der Waals surface area contributed by atoms with Gasteiger partial charge in [0.05, 0.1) is 13.2 Å². The van der Waals surface area contributed by atoms with Crippen LogP contribution in [-0.4, -0.2) is 49.8 Å². The Bertz CT molecular complexity index is 478. The second-order valence-electron chi connectivity index (χ2n) is 3.83. The molecule has 8 heteroatoms. The average Bonchev–Trinajstić information content (AvgIpc) is 2.96. The molecule has 2 rings (SSSR count). The molecule has 0 saturated heterocycles. The molecule has 0 unspecified atom stereocenters. The summed E-state index contributed by atoms with van der Waals surface area (Å²) in [5.74, 6) is 1.60. The minimum absolute atomic E-state index is 0.571. The summed E-state index contributed by atoms with van der Waals surface area (Å²) in [5.41, 5.74) is 0. The van der Waals surface area contributed by atoms with Crippen molar-refractivity contribution in [2.24, 2.45) is 7.05 Å². The van der Waals surface area contributed by atoms with Crippen LogP contribution < -0.4 is 5.32 Å². The summed E-state index contributed by atoms with van der Waals surface area (Å²) in [6, 6.07) is 0. The van der Waals surface area contributed by atoms with Gasteiger partial charge >= 0.3 is 0 Å². The summed E-state index contributed by atoms with van der Waals surface area (Å²) in [7, 11) is 3.53. The number of aryl methyl sites for hydroxylation is 1. The van der Waals surface area contributed by atoms with Crippen LogP contribution in [0.5, 0.6) is 0 Å². The van der Waals surface area contributed by atoms with Gasteiger partial charge in [-0.3, -0.25) is 4.68 Å². The third kappa shape index (κ3) is 3.34. The highest BCUT2D eigenvalue weighted by Crippen LogP contribution is 1.96. The molecule has 1 N–H and O–H groups in total. The van der Waals surface area contributed by atoms with Gasteiger partial charge in [0, 0.05) is 20.7 Å². The Labute approximate surface area is 105 Å². The number of ether oxygens (including phenoxy) is 1. The molecule has 0 aromatic carbocycles. The highest BCUT2D eigenvalue weighted by Gasteiger charge is 2.04. The predicted octanol–water partition coefficient (Wildman–Crippen LogP) is -0.809. The van der Waals surface area contributed by atoms with E-state index < -0.39 is 0 Å². The minimum atomic E-state index is 0.571. The molecule has 2 aromatic rings. The molecular weight excluding hydrogens is 234 g/mol. The molecular formula is C10H17N7O. The zero-order chi connectivity index (χ0) is 12.8. The second-order valence-corrected chi connectivity index (χ2v) is 3.83. The summed E-state index contributed by atoms with van der Waals surface area (Å²) in [6.45, 7) is 2.67. The number of aromatic nitrogens is 6. The van der Waals surface area contributed by atoms with Crippen LogP contribution in [0.1, 0.15) is 11.6 Å². The smallest absolute Gasteiger partial charge is 0.164 e. The highest BCUT2D eigenvalue weighted by molar-refractivity contribution is 4.87. The Balaban J connectivity index is 1.84. The monoisotopic (exact) mass is 251 g/mol. The number of methoxy groups -OCH3 is 1. The van der Waals surface area contributed by atoms with Crippen LogP contribution in [0.15, 0.2) is 12.7 Å². The summed E-state index contributed by atoms with van der Waals surface area (Å²) in [5, 5.41) is 11.5. The van der Waals surface area contributed by atoms with E-state index in [2.05, 4.69) is 25.5 Å². The molecule has 0 radical (unpaired) electrons. The van der Waals surface area contributed by atoms with Gasteiger partial charge in [0.1, 0.15) is 25.0 Å². The Morgan fingerprint density at radius 2 is 2.28 bits per heavy atom. The van der Waals surface area contributed by atoms with Crippen molar-refractivity contribution < 1.29 is 4.74 Å². The maximum Gasteiger partial charge on any atom is 0.164 e. The van der Waals surface area contributed by atoms with E-state index in [0.717, 1.165) is 18.2 Å². The second kappa shape index (κ2) is 6.22. The zero-order valence-electron chi connectivity index (χ0n) is 10.6. The summed E-state index contributed by atoms with van der Waals surface area (Å²) < 4.78 is 8.41. The number of nitrogens with one attached hydrogen (secondary N) is 1. The van der Waals surface area contributed by atoms with Gasteiger partial charge in [-0.1, -0.05) is 0 Å². The van der Waals surface area contributed by atoms with E-state index in [0.29, 0.717) is 19.7 Å². The van der Waals surface area contributed by atoms with Gasteiger partial charge in [-0.25, -0.2) is 14.6 Å². The van der Waals surface area contributed by atoms with E-state index in [1.807, 2.05) is 7.05 Å². The first-order chi connectivity index (χ1) is 8.79. The van der Waals surface area contributed by atoms with E-state index in [1.165, 1.54) is 6.33 Å². The molecule has 2 aromatic heterocycles. The SMILES string of the molecule is COCCNCc1ncn(Cc2ncnn2C)n1. The van der Waals surface area contributed by atoms with Crippen molar-refractivity contribution in [1.82, 2.24) is 34.8 Å². The number of nitrogens with zero attached hydrogens (tertiary/aromatic N) is 6. The van der Waals surface area contributed by atoms with Crippen LogP contribution in [0, 0.1) is 0 Å². The van der Waals surface area contributed by atoms with Crippen molar-refractivity contribution in [1.29, 1.82) is 0 Å². The fourth-order valence-electron chi connectivity index (χ4n) is 1.47. The predicted molar refractivity (Wildman–Crippen MR) is 63.7 cm³/mol. The van der Waals surface area contributed by atoms with Crippen molar-refractivity contribution in [3.63, 3.8) is 0 Å². The van der Waals surface area contributed by atoms with Crippen molar-refractivity contribution >= 4 is 0 Å². The molecule has 0 aliphatic rings. The van der Waals surface area contributed by atoms with Gasteiger partial charge in [0.2, 0.25) is 0 Å². The van der Waals surface area contributed by atoms with Crippen LogP contribution in [0.25, 0.3) is 0 Å². The number of hydrogen-bond acceptors (Lipinski definition) is 6. The molecule has 0 spiro atoms. The molecule has 0 amide bonds. The van der Waals surface area contributed by atoms with Gasteiger partial charge in [-0.05, 0) is 0 Å². The minimum Gasteiger partial charge on any atom is -0.383 e. The first-order valence-electron chi connectivity index (χ1n) is 5.70. The van der Waals surface area contributed by atoms with Gasteiger partial charge in [0.25, 0.3) is 0 Å². The molecule has 0 fully saturated rings. The molecule has 0 aliphatic heterocycles. The van der Waals surface area contributed by atoms with Crippen molar-refractivity contribution in [3.8, 4) is 0 Å². The van der Waals surface area contributed by atoms with E-state index in [1.54, 1.807) is 22.8 Å². The molecule has 98 valence electrons. The van der Waals surface area contributed by atoms with Crippen LogP contribution in [0.2, 0.25) is 0 Å². The van der Waals surface area contributed by atoms with Crippen molar-refractivity contribution in [2.75, 3.05) is 20.3 Å². The fourth-order valence-corrected chi connectivity index (χ4v) is 1.47. The first kappa shape index (κ1) is 12.7. The lowest BCUT2D eigenvalue weighted by Gasteiger charge is -2.01. The van der Waals surface area contributed by atoms with Gasteiger partial charge in [-0.15, -0.1) is 0 Å². The molecule has 0 aliphatic carbocycles. The van der Waals surface area contributed by atoms with Crippen molar-refractivity contribution in [2.45, 2.75) is 13.1 Å². The van der Waals surface area contributed by atoms with Gasteiger partial charge < -0.3 is 10.1 Å². The average molecular weight is 251 g/mol. The normalized spacial score (nSPS) is 11.0. The summed E-state index contributed by atoms with van der Waals surface area (Å²) >= 11 is 0. The van der Waals surface area contributed by atoms with E-state index >= 15 is 0 Å². The summed E-state index contributed by atoms with van der Waals surface area (Å²) in [6.07, 6.45) is 3.22. The number of hydrogen-bond donors (Lipinski definition) is 1. The van der Waals surface area contributed by atoms with E-state index in [-0.39, 0.29) is 0 Å². The largest absolute Gasteiger partial charge is 0.383 e. The fraction of sp³-hybridized carbons (Fsp3) is 0.600. The van der Waals surface area contributed by atoms with Crippen LogP contribution in [-0.2, 0) is 24.9 Å². The lowest BCUT2D eigenvalue weighted by molar-refractivity contribution is 0.199. The van der Waals surface area contributed by atoms with Gasteiger partial charge in [-0.2, -0.15) is 10.2 Å². The van der Waals surface area contributed by atoms with E-state index in [4.69, 9.17) is 4.74 Å². The summed E-state index contributed by atoms with van der Waals surface area (Å²) in [4.78, 5) is 8.35. The lowest BCUT2D eigenvalue weighted by Crippen LogP contribution is -2.19. The highest BCUT2D eigenvalue weighted by atomic mass is 16.5. The topological polar surface area (TPSA) is 82.7 Å². The van der Waals surface area contributed by atoms with E-state index in [9.17, 15) is 0 Å². The lowest BCUT2D eigenvalue weighted by atomic mass is 10.5. The maximum absolute atomic E-state index is 4.94. The molecule has 0 bridgehead atoms. The van der Waals surface area contributed by atoms with Crippen LogP contribution in [0.4, 0.5) is 0 Å². The molecule has 0 saturated carbocycles. The maximum atomic E-state index is 4.94. The third-order valence-electron chi connectivity index (χ3n) is 2.46. The standard InChI is InChI=1S/C10H17N7O/c1-16-10(12-7-14-16)6-17-8-13-9(15-17)5-11-3-4-18-2/h7-8,11H,3-6H2,1-2H3. The Morgan fingerprint density at radius 1 is 1.39 bits per heavy atom. The Hall–Kier alpha value is -1.80. The van der Waals surface area contributed by atoms with Crippen LogP contribution in [0.3, 0.4) is 0 Å². The molecule has 8 nitrogen and oxygen atoms in total. The number of rotatable bonds is 7.